The Morgan fingerprint density at radius 2 is 0.907 bits per heavy atom. The molecular weight excluding hydrogens is 671 g/mol. The number of thiophene rings is 1. The van der Waals surface area contributed by atoms with Gasteiger partial charge in [0.05, 0.1) is 16.1 Å². The fourth-order valence-corrected chi connectivity index (χ4v) is 9.78. The van der Waals surface area contributed by atoms with Gasteiger partial charge in [-0.05, 0) is 91.0 Å². The van der Waals surface area contributed by atoms with E-state index in [2.05, 4.69) is 205 Å². The van der Waals surface area contributed by atoms with Gasteiger partial charge in [0.2, 0.25) is 0 Å². The second-order valence-electron chi connectivity index (χ2n) is 14.0. The molecule has 0 aliphatic rings. The van der Waals surface area contributed by atoms with Crippen LogP contribution in [0.5, 0.6) is 0 Å². The minimum atomic E-state index is 1.12. The van der Waals surface area contributed by atoms with Crippen LogP contribution in [0.4, 0.5) is 17.1 Å². The van der Waals surface area contributed by atoms with Gasteiger partial charge in [0, 0.05) is 31.9 Å². The molecule has 54 heavy (non-hydrogen) atoms. The highest BCUT2D eigenvalue weighted by atomic mass is 32.1. The van der Waals surface area contributed by atoms with Crippen molar-refractivity contribution in [1.29, 1.82) is 0 Å². The molecule has 0 unspecified atom stereocenters. The molecule has 0 saturated carbocycles. The maximum Gasteiger partial charge on any atom is 0.0718 e. The van der Waals surface area contributed by atoms with Crippen LogP contribution < -0.4 is 4.90 Å². The van der Waals surface area contributed by atoms with Crippen LogP contribution in [0.1, 0.15) is 0 Å². The summed E-state index contributed by atoms with van der Waals surface area (Å²) in [6.07, 6.45) is 0. The van der Waals surface area contributed by atoms with Crippen LogP contribution in [0, 0.1) is 0 Å². The van der Waals surface area contributed by atoms with Gasteiger partial charge in [-0.3, -0.25) is 0 Å². The van der Waals surface area contributed by atoms with Crippen molar-refractivity contribution >= 4 is 91.7 Å². The lowest BCUT2D eigenvalue weighted by Crippen LogP contribution is -2.11. The first kappa shape index (κ1) is 30.8. The van der Waals surface area contributed by atoms with Crippen LogP contribution >= 0.6 is 11.3 Å². The van der Waals surface area contributed by atoms with Gasteiger partial charge < -0.3 is 4.90 Å². The molecule has 1 aromatic heterocycles. The zero-order chi connectivity index (χ0) is 35.6. The summed E-state index contributed by atoms with van der Waals surface area (Å²) in [5.41, 5.74) is 8.40. The number of nitrogens with zero attached hydrogens (tertiary/aromatic N) is 1. The summed E-state index contributed by atoms with van der Waals surface area (Å²) in [6, 6.07) is 73.5. The van der Waals surface area contributed by atoms with Gasteiger partial charge in [-0.2, -0.15) is 0 Å². The van der Waals surface area contributed by atoms with Gasteiger partial charge in [-0.15, -0.1) is 11.3 Å². The van der Waals surface area contributed by atoms with E-state index in [0.29, 0.717) is 0 Å². The molecule has 0 N–H and O–H groups in total. The van der Waals surface area contributed by atoms with Gasteiger partial charge in [-0.1, -0.05) is 164 Å². The molecule has 0 aliphatic carbocycles. The van der Waals surface area contributed by atoms with Crippen LogP contribution in [0.15, 0.2) is 200 Å². The lowest BCUT2D eigenvalue weighted by Gasteiger charge is -2.29. The normalized spacial score (nSPS) is 11.7. The van der Waals surface area contributed by atoms with Crippen molar-refractivity contribution in [3.05, 3.63) is 200 Å². The number of fused-ring (bicyclic) bond motifs is 8. The van der Waals surface area contributed by atoms with Crippen molar-refractivity contribution in [3.63, 3.8) is 0 Å². The van der Waals surface area contributed by atoms with Crippen molar-refractivity contribution < 1.29 is 0 Å². The Bertz CT molecular complexity index is 3210. The highest BCUT2D eigenvalue weighted by Crippen LogP contribution is 2.51. The van der Waals surface area contributed by atoms with E-state index < -0.39 is 0 Å². The molecule has 1 nitrogen and oxygen atoms in total. The minimum Gasteiger partial charge on any atom is -0.308 e. The molecule has 252 valence electrons. The molecule has 11 rings (SSSR count). The van der Waals surface area contributed by atoms with Gasteiger partial charge >= 0.3 is 0 Å². The smallest absolute Gasteiger partial charge is 0.0718 e. The van der Waals surface area contributed by atoms with E-state index in [4.69, 9.17) is 0 Å². The summed E-state index contributed by atoms with van der Waals surface area (Å²) < 4.78 is 2.59. The Labute approximate surface area is 317 Å². The Morgan fingerprint density at radius 3 is 1.72 bits per heavy atom. The first-order chi connectivity index (χ1) is 26.8. The summed E-state index contributed by atoms with van der Waals surface area (Å²) in [7, 11) is 0. The predicted molar refractivity (Wildman–Crippen MR) is 235 cm³/mol. The molecule has 0 spiro atoms. The van der Waals surface area contributed by atoms with Crippen molar-refractivity contribution in [3.8, 4) is 22.3 Å². The largest absolute Gasteiger partial charge is 0.308 e. The number of rotatable bonds is 5. The van der Waals surface area contributed by atoms with E-state index in [1.54, 1.807) is 0 Å². The SMILES string of the molecule is c1ccc(-c2ccc(N(c3cccc4c(-c5cc6ccccc6c6ccccc56)cccc34)c3c4ccccc4cc4c3sc3ccccc34)cc2)cc1. The number of hydrogen-bond donors (Lipinski definition) is 0. The maximum atomic E-state index is 2.53. The number of hydrogen-bond acceptors (Lipinski definition) is 2. The second kappa shape index (κ2) is 12.4. The zero-order valence-electron chi connectivity index (χ0n) is 29.4. The van der Waals surface area contributed by atoms with E-state index in [-0.39, 0.29) is 0 Å². The first-order valence-corrected chi connectivity index (χ1v) is 19.3. The Hall–Kier alpha value is -6.74. The number of benzene rings is 10. The summed E-state index contributed by atoms with van der Waals surface area (Å²) in [5.74, 6) is 0. The van der Waals surface area contributed by atoms with Crippen molar-refractivity contribution in [1.82, 2.24) is 0 Å². The van der Waals surface area contributed by atoms with E-state index in [0.717, 1.165) is 11.4 Å². The average molecular weight is 704 g/mol. The minimum absolute atomic E-state index is 1.12. The lowest BCUT2D eigenvalue weighted by atomic mass is 9.90. The molecule has 1 heterocycles. The quantitative estimate of drug-likeness (QED) is 0.161. The highest BCUT2D eigenvalue weighted by molar-refractivity contribution is 7.26. The zero-order valence-corrected chi connectivity index (χ0v) is 30.2. The van der Waals surface area contributed by atoms with Crippen LogP contribution in [0.2, 0.25) is 0 Å². The molecule has 0 fully saturated rings. The third kappa shape index (κ3) is 4.85. The third-order valence-corrected chi connectivity index (χ3v) is 12.2. The Kier molecular flexibility index (Phi) is 7.11. The monoisotopic (exact) mass is 703 g/mol. The molecule has 11 aromatic rings. The fourth-order valence-electron chi connectivity index (χ4n) is 8.55. The first-order valence-electron chi connectivity index (χ1n) is 18.5. The molecule has 0 amide bonds. The summed E-state index contributed by atoms with van der Waals surface area (Å²) in [4.78, 5) is 2.53. The lowest BCUT2D eigenvalue weighted by molar-refractivity contribution is 1.33. The van der Waals surface area contributed by atoms with Crippen LogP contribution in [-0.2, 0) is 0 Å². The molecule has 0 aliphatic heterocycles. The average Bonchev–Trinajstić information content (AvgIpc) is 3.62. The molecule has 2 heteroatoms. The van der Waals surface area contributed by atoms with Crippen LogP contribution in [0.25, 0.3) is 85.5 Å². The molecule has 10 aromatic carbocycles. The van der Waals surface area contributed by atoms with Crippen molar-refractivity contribution in [2.45, 2.75) is 0 Å². The summed E-state index contributed by atoms with van der Waals surface area (Å²) >= 11 is 1.89. The molecule has 0 radical (unpaired) electrons. The molecule has 0 atom stereocenters. The summed E-state index contributed by atoms with van der Waals surface area (Å²) in [6.45, 7) is 0. The standard InChI is InChI=1S/C52H33NS/c1-2-14-34(15-3-1)35-28-30-38(31-29-35)53(51-40-19-7-5-17-37(40)33-48-46-22-10-11-27-50(46)54-52(48)51)49-26-13-24-42-44(23-12-25-45(42)49)47-32-36-16-4-6-18-39(36)41-20-8-9-21-43(41)47/h1-33H. The number of anilines is 3. The highest BCUT2D eigenvalue weighted by Gasteiger charge is 2.24. The van der Waals surface area contributed by atoms with Gasteiger partial charge in [0.25, 0.3) is 0 Å². The predicted octanol–water partition coefficient (Wildman–Crippen LogP) is 15.5. The van der Waals surface area contributed by atoms with Crippen molar-refractivity contribution in [2.75, 3.05) is 4.90 Å². The Balaban J connectivity index is 1.22. The van der Waals surface area contributed by atoms with Crippen LogP contribution in [0.3, 0.4) is 0 Å². The second-order valence-corrected chi connectivity index (χ2v) is 15.1. The summed E-state index contributed by atoms with van der Waals surface area (Å²) in [5, 5.41) is 12.6. The van der Waals surface area contributed by atoms with E-state index in [1.807, 2.05) is 11.3 Å². The molecule has 0 saturated heterocycles. The fraction of sp³-hybridized carbons (Fsp3) is 0. The van der Waals surface area contributed by atoms with E-state index >= 15 is 0 Å². The van der Waals surface area contributed by atoms with Gasteiger partial charge in [0.1, 0.15) is 0 Å². The van der Waals surface area contributed by atoms with E-state index in [9.17, 15) is 0 Å². The maximum absolute atomic E-state index is 2.53. The molecular formula is C52H33NS. The van der Waals surface area contributed by atoms with E-state index in [1.165, 1.54) is 91.2 Å². The third-order valence-electron chi connectivity index (χ3n) is 11.0. The van der Waals surface area contributed by atoms with Gasteiger partial charge in [0.15, 0.2) is 0 Å². The van der Waals surface area contributed by atoms with Crippen molar-refractivity contribution in [2.24, 2.45) is 0 Å². The Morgan fingerprint density at radius 1 is 0.333 bits per heavy atom. The van der Waals surface area contributed by atoms with Gasteiger partial charge in [-0.25, -0.2) is 0 Å². The van der Waals surface area contributed by atoms with Crippen LogP contribution in [-0.4, -0.2) is 0 Å². The topological polar surface area (TPSA) is 3.24 Å². The molecule has 0 bridgehead atoms.